The van der Waals surface area contributed by atoms with Crippen LogP contribution in [0.15, 0.2) is 47.1 Å². The number of rotatable bonds is 3. The Balaban J connectivity index is 2.28. The van der Waals surface area contributed by atoms with Gasteiger partial charge in [-0.3, -0.25) is 0 Å². The number of nitrogens with zero attached hydrogens (tertiary/aromatic N) is 2. The van der Waals surface area contributed by atoms with E-state index in [1.165, 1.54) is 0 Å². The topological polar surface area (TPSA) is 98.2 Å². The van der Waals surface area contributed by atoms with Crippen molar-refractivity contribution in [3.8, 4) is 6.07 Å². The number of aryl methyl sites for hydroxylation is 1. The molecule has 1 aliphatic rings. The summed E-state index contributed by atoms with van der Waals surface area (Å²) in [6.07, 6.45) is 0. The van der Waals surface area contributed by atoms with Crippen LogP contribution in [0.4, 0.5) is 0 Å². The van der Waals surface area contributed by atoms with Crippen LogP contribution in [-0.4, -0.2) is 17.6 Å². The fourth-order valence-electron chi connectivity index (χ4n) is 3.21. The Kier molecular flexibility index (Phi) is 5.06. The van der Waals surface area contributed by atoms with Gasteiger partial charge in [0.05, 0.1) is 23.6 Å². The maximum atomic E-state index is 12.6. The molecule has 7 heteroatoms. The summed E-state index contributed by atoms with van der Waals surface area (Å²) in [5.41, 5.74) is 8.44. The van der Waals surface area contributed by atoms with Crippen molar-refractivity contribution >= 4 is 28.5 Å². The van der Waals surface area contributed by atoms with E-state index in [2.05, 4.69) is 4.98 Å². The lowest BCUT2D eigenvalue weighted by Gasteiger charge is -2.27. The Morgan fingerprint density at radius 2 is 2.19 bits per heavy atom. The van der Waals surface area contributed by atoms with Gasteiger partial charge in [-0.1, -0.05) is 29.8 Å². The zero-order chi connectivity index (χ0) is 19.7. The summed E-state index contributed by atoms with van der Waals surface area (Å²) >= 11 is 6.47. The van der Waals surface area contributed by atoms with Gasteiger partial charge in [-0.15, -0.1) is 0 Å². The molecule has 1 aliphatic heterocycles. The van der Waals surface area contributed by atoms with Crippen LogP contribution in [0.2, 0.25) is 5.15 Å². The van der Waals surface area contributed by atoms with Crippen LogP contribution >= 0.6 is 11.6 Å². The number of hydrogen-bond acceptors (Lipinski definition) is 6. The lowest BCUT2D eigenvalue weighted by atomic mass is 9.83. The molecule has 1 atom stereocenters. The number of carbonyl (C=O) groups excluding carboxylic acids is 1. The molecule has 0 spiro atoms. The second kappa shape index (κ2) is 7.29. The van der Waals surface area contributed by atoms with Gasteiger partial charge in [0, 0.05) is 10.9 Å². The fraction of sp³-hybridized carbons (Fsp3) is 0.250. The van der Waals surface area contributed by atoms with Crippen LogP contribution in [0.5, 0.6) is 0 Å². The summed E-state index contributed by atoms with van der Waals surface area (Å²) in [6.45, 7) is 5.43. The van der Waals surface area contributed by atoms with Gasteiger partial charge in [0.2, 0.25) is 5.88 Å². The summed E-state index contributed by atoms with van der Waals surface area (Å²) in [6, 6.07) is 9.60. The number of allylic oxidation sites excluding steroid dienone is 2. The molecule has 0 saturated carbocycles. The minimum absolute atomic E-state index is 0.0616. The average Bonchev–Trinajstić information content (AvgIpc) is 2.61. The number of hydrogen-bond donors (Lipinski definition) is 1. The third kappa shape index (κ3) is 3.22. The van der Waals surface area contributed by atoms with Crippen molar-refractivity contribution < 1.29 is 14.3 Å². The van der Waals surface area contributed by atoms with Gasteiger partial charge in [-0.2, -0.15) is 5.26 Å². The van der Waals surface area contributed by atoms with Crippen molar-refractivity contribution in [2.75, 3.05) is 6.61 Å². The number of fused-ring (bicyclic) bond motifs is 1. The number of benzene rings is 1. The maximum absolute atomic E-state index is 12.6. The van der Waals surface area contributed by atoms with Crippen LogP contribution in [0.1, 0.15) is 30.9 Å². The minimum Gasteiger partial charge on any atom is -0.463 e. The third-order valence-electron chi connectivity index (χ3n) is 4.44. The van der Waals surface area contributed by atoms with E-state index < -0.39 is 11.9 Å². The first kappa shape index (κ1) is 18.7. The standard InChI is InChI=1S/C20H18ClN3O3/c1-4-26-20(25)15-11(3)27-19(23)14(9-22)16(15)13-8-12-7-5-6-10(2)17(12)24-18(13)21/h5-8,16H,4,23H2,1-3H3. The van der Waals surface area contributed by atoms with Gasteiger partial charge in [0.25, 0.3) is 0 Å². The molecule has 138 valence electrons. The highest BCUT2D eigenvalue weighted by Gasteiger charge is 2.37. The van der Waals surface area contributed by atoms with Crippen molar-refractivity contribution in [3.05, 3.63) is 63.3 Å². The molecule has 0 bridgehead atoms. The molecular formula is C20H18ClN3O3. The number of halogens is 1. The summed E-state index contributed by atoms with van der Waals surface area (Å²) in [4.78, 5) is 17.1. The smallest absolute Gasteiger partial charge is 0.338 e. The van der Waals surface area contributed by atoms with Crippen LogP contribution in [-0.2, 0) is 14.3 Å². The molecule has 0 fully saturated rings. The molecule has 2 heterocycles. The van der Waals surface area contributed by atoms with Crippen molar-refractivity contribution in [3.63, 3.8) is 0 Å². The van der Waals surface area contributed by atoms with Gasteiger partial charge >= 0.3 is 5.97 Å². The van der Waals surface area contributed by atoms with Crippen LogP contribution in [0, 0.1) is 18.3 Å². The first-order valence-electron chi connectivity index (χ1n) is 8.40. The Bertz CT molecular complexity index is 1050. The summed E-state index contributed by atoms with van der Waals surface area (Å²) in [7, 11) is 0. The molecule has 0 amide bonds. The zero-order valence-corrected chi connectivity index (χ0v) is 15.9. The number of aromatic nitrogens is 1. The van der Waals surface area contributed by atoms with Gasteiger partial charge in [0.15, 0.2) is 0 Å². The van der Waals surface area contributed by atoms with Crippen molar-refractivity contribution in [1.29, 1.82) is 5.26 Å². The van der Waals surface area contributed by atoms with E-state index in [1.807, 2.05) is 37.3 Å². The number of para-hydroxylation sites is 1. The Hall–Kier alpha value is -3.04. The highest BCUT2D eigenvalue weighted by Crippen LogP contribution is 2.42. The number of ether oxygens (including phenoxy) is 2. The van der Waals surface area contributed by atoms with E-state index in [-0.39, 0.29) is 34.5 Å². The van der Waals surface area contributed by atoms with Gasteiger partial charge in [0.1, 0.15) is 22.6 Å². The highest BCUT2D eigenvalue weighted by atomic mass is 35.5. The largest absolute Gasteiger partial charge is 0.463 e. The molecule has 1 aromatic carbocycles. The first-order chi connectivity index (χ1) is 12.9. The Morgan fingerprint density at radius 1 is 1.44 bits per heavy atom. The molecule has 1 aromatic heterocycles. The number of pyridine rings is 1. The zero-order valence-electron chi connectivity index (χ0n) is 15.2. The second-order valence-corrected chi connectivity index (χ2v) is 6.49. The lowest BCUT2D eigenvalue weighted by molar-refractivity contribution is -0.139. The monoisotopic (exact) mass is 383 g/mol. The summed E-state index contributed by atoms with van der Waals surface area (Å²) in [5.74, 6) is -1.18. The molecule has 27 heavy (non-hydrogen) atoms. The molecule has 0 radical (unpaired) electrons. The molecule has 1 unspecified atom stereocenters. The molecule has 0 aliphatic carbocycles. The van der Waals surface area contributed by atoms with Gasteiger partial charge < -0.3 is 15.2 Å². The number of esters is 1. The molecule has 2 aromatic rings. The number of carbonyl (C=O) groups is 1. The number of nitriles is 1. The predicted octanol–water partition coefficient (Wildman–Crippen LogP) is 3.84. The Morgan fingerprint density at radius 3 is 2.85 bits per heavy atom. The van der Waals surface area contributed by atoms with Crippen molar-refractivity contribution in [1.82, 2.24) is 4.98 Å². The first-order valence-corrected chi connectivity index (χ1v) is 8.78. The molecular weight excluding hydrogens is 366 g/mol. The third-order valence-corrected chi connectivity index (χ3v) is 4.74. The van der Waals surface area contributed by atoms with E-state index in [9.17, 15) is 10.1 Å². The quantitative estimate of drug-likeness (QED) is 0.638. The van der Waals surface area contributed by atoms with E-state index >= 15 is 0 Å². The minimum atomic E-state index is -0.812. The van der Waals surface area contributed by atoms with Crippen LogP contribution in [0.25, 0.3) is 10.9 Å². The maximum Gasteiger partial charge on any atom is 0.338 e. The van der Waals surface area contributed by atoms with Crippen LogP contribution < -0.4 is 5.73 Å². The highest BCUT2D eigenvalue weighted by molar-refractivity contribution is 6.31. The van der Waals surface area contributed by atoms with Gasteiger partial charge in [-0.25, -0.2) is 9.78 Å². The van der Waals surface area contributed by atoms with Crippen molar-refractivity contribution in [2.45, 2.75) is 26.7 Å². The molecule has 6 nitrogen and oxygen atoms in total. The number of nitrogens with two attached hydrogens (primary N) is 1. The Labute approximate surface area is 161 Å². The van der Waals surface area contributed by atoms with E-state index in [1.54, 1.807) is 13.8 Å². The SMILES string of the molecule is CCOC(=O)C1=C(C)OC(N)=C(C#N)C1c1cc2cccc(C)c2nc1Cl. The average molecular weight is 384 g/mol. The van der Waals surface area contributed by atoms with E-state index in [4.69, 9.17) is 26.8 Å². The normalized spacial score (nSPS) is 16.9. The van der Waals surface area contributed by atoms with Gasteiger partial charge in [-0.05, 0) is 32.4 Å². The second-order valence-electron chi connectivity index (χ2n) is 6.13. The summed E-state index contributed by atoms with van der Waals surface area (Å²) < 4.78 is 10.6. The fourth-order valence-corrected chi connectivity index (χ4v) is 3.46. The molecule has 3 rings (SSSR count). The van der Waals surface area contributed by atoms with E-state index in [0.29, 0.717) is 5.56 Å². The molecule has 0 saturated heterocycles. The lowest BCUT2D eigenvalue weighted by Crippen LogP contribution is -2.26. The van der Waals surface area contributed by atoms with Crippen LogP contribution in [0.3, 0.4) is 0 Å². The van der Waals surface area contributed by atoms with E-state index in [0.717, 1.165) is 16.5 Å². The predicted molar refractivity (Wildman–Crippen MR) is 101 cm³/mol. The van der Waals surface area contributed by atoms with Crippen molar-refractivity contribution in [2.24, 2.45) is 5.73 Å². The summed E-state index contributed by atoms with van der Waals surface area (Å²) in [5, 5.41) is 10.7. The molecule has 2 N–H and O–H groups in total.